The Bertz CT molecular complexity index is 550. The molecular formula is C12H13BrN2O2. The molecule has 0 fully saturated rings. The first-order valence-electron chi connectivity index (χ1n) is 5.39. The number of hydrogen-bond acceptors (Lipinski definition) is 3. The lowest BCUT2D eigenvalue weighted by Crippen LogP contribution is -2.16. The SMILES string of the molecule is CCC(C(=O)OC)c1nc(Br)c2ccccn12. The number of hydrogen-bond donors (Lipinski definition) is 0. The molecule has 0 aliphatic rings. The molecule has 2 heterocycles. The van der Waals surface area contributed by atoms with E-state index >= 15 is 0 Å². The van der Waals surface area contributed by atoms with Crippen molar-refractivity contribution >= 4 is 27.4 Å². The summed E-state index contributed by atoms with van der Waals surface area (Å²) in [5.41, 5.74) is 0.949. The number of carbonyl (C=O) groups is 1. The third-order valence-electron chi connectivity index (χ3n) is 2.74. The van der Waals surface area contributed by atoms with E-state index in [0.717, 1.165) is 10.1 Å². The van der Waals surface area contributed by atoms with Gasteiger partial charge < -0.3 is 9.14 Å². The van der Waals surface area contributed by atoms with Crippen LogP contribution in [0.5, 0.6) is 0 Å². The van der Waals surface area contributed by atoms with Gasteiger partial charge in [0.1, 0.15) is 16.3 Å². The second kappa shape index (κ2) is 4.87. The van der Waals surface area contributed by atoms with E-state index in [1.54, 1.807) is 0 Å². The lowest BCUT2D eigenvalue weighted by molar-refractivity contribution is -0.142. The van der Waals surface area contributed by atoms with E-state index in [0.29, 0.717) is 12.2 Å². The van der Waals surface area contributed by atoms with E-state index < -0.39 is 0 Å². The van der Waals surface area contributed by atoms with Gasteiger partial charge >= 0.3 is 5.97 Å². The highest BCUT2D eigenvalue weighted by Crippen LogP contribution is 2.26. The number of halogens is 1. The van der Waals surface area contributed by atoms with Crippen LogP contribution in [0.3, 0.4) is 0 Å². The second-order valence-corrected chi connectivity index (χ2v) is 4.45. The van der Waals surface area contributed by atoms with Crippen LogP contribution in [0.1, 0.15) is 25.1 Å². The molecule has 90 valence electrons. The van der Waals surface area contributed by atoms with Crippen LogP contribution in [-0.2, 0) is 9.53 Å². The summed E-state index contributed by atoms with van der Waals surface area (Å²) >= 11 is 3.40. The van der Waals surface area contributed by atoms with Crippen molar-refractivity contribution in [1.29, 1.82) is 0 Å². The Balaban J connectivity index is 2.58. The number of nitrogens with zero attached hydrogens (tertiary/aromatic N) is 2. The summed E-state index contributed by atoms with van der Waals surface area (Å²) < 4.78 is 7.47. The van der Waals surface area contributed by atoms with Crippen molar-refractivity contribution in [3.8, 4) is 0 Å². The van der Waals surface area contributed by atoms with Gasteiger partial charge in [0.2, 0.25) is 0 Å². The van der Waals surface area contributed by atoms with Gasteiger partial charge in [-0.25, -0.2) is 4.98 Å². The van der Waals surface area contributed by atoms with Crippen molar-refractivity contribution in [2.24, 2.45) is 0 Å². The van der Waals surface area contributed by atoms with E-state index in [1.807, 2.05) is 35.7 Å². The first-order valence-corrected chi connectivity index (χ1v) is 6.18. The van der Waals surface area contributed by atoms with E-state index in [-0.39, 0.29) is 11.9 Å². The fourth-order valence-corrected chi connectivity index (χ4v) is 2.37. The molecule has 0 aliphatic heterocycles. The number of aromatic nitrogens is 2. The van der Waals surface area contributed by atoms with Crippen LogP contribution in [0.2, 0.25) is 0 Å². The highest BCUT2D eigenvalue weighted by molar-refractivity contribution is 9.10. The van der Waals surface area contributed by atoms with Crippen molar-refractivity contribution in [3.05, 3.63) is 34.8 Å². The fraction of sp³-hybridized carbons (Fsp3) is 0.333. The zero-order valence-corrected chi connectivity index (χ0v) is 11.3. The van der Waals surface area contributed by atoms with E-state index in [9.17, 15) is 4.79 Å². The predicted molar refractivity (Wildman–Crippen MR) is 67.9 cm³/mol. The van der Waals surface area contributed by atoms with E-state index in [1.165, 1.54) is 7.11 Å². The summed E-state index contributed by atoms with van der Waals surface area (Å²) in [6.45, 7) is 1.94. The van der Waals surface area contributed by atoms with Gasteiger partial charge in [-0.3, -0.25) is 4.79 Å². The highest BCUT2D eigenvalue weighted by atomic mass is 79.9. The van der Waals surface area contributed by atoms with Gasteiger partial charge in [-0.1, -0.05) is 13.0 Å². The number of rotatable bonds is 3. The monoisotopic (exact) mass is 296 g/mol. The molecule has 4 nitrogen and oxygen atoms in total. The Morgan fingerprint density at radius 3 is 3.00 bits per heavy atom. The Morgan fingerprint density at radius 2 is 2.35 bits per heavy atom. The van der Waals surface area contributed by atoms with Crippen molar-refractivity contribution in [1.82, 2.24) is 9.38 Å². The molecule has 1 atom stereocenters. The topological polar surface area (TPSA) is 43.6 Å². The third kappa shape index (κ3) is 2.07. The molecular weight excluding hydrogens is 284 g/mol. The van der Waals surface area contributed by atoms with Gasteiger partial charge in [-0.15, -0.1) is 0 Å². The molecule has 0 bridgehead atoms. The predicted octanol–water partition coefficient (Wildman–Crippen LogP) is 2.76. The number of methoxy groups -OCH3 is 1. The standard InChI is InChI=1S/C12H13BrN2O2/c1-3-8(12(16)17-2)11-14-10(13)9-6-4-5-7-15(9)11/h4-8H,3H2,1-2H3. The molecule has 5 heteroatoms. The molecule has 0 amide bonds. The minimum Gasteiger partial charge on any atom is -0.468 e. The number of esters is 1. The first kappa shape index (κ1) is 12.1. The fourth-order valence-electron chi connectivity index (χ4n) is 1.87. The van der Waals surface area contributed by atoms with Gasteiger partial charge in [0.05, 0.1) is 12.6 Å². The van der Waals surface area contributed by atoms with Crippen molar-refractivity contribution < 1.29 is 9.53 Å². The smallest absolute Gasteiger partial charge is 0.316 e. The lowest BCUT2D eigenvalue weighted by Gasteiger charge is -2.10. The van der Waals surface area contributed by atoms with Crippen LogP contribution in [0.4, 0.5) is 0 Å². The minimum absolute atomic E-state index is 0.254. The van der Waals surface area contributed by atoms with Crippen molar-refractivity contribution in [3.63, 3.8) is 0 Å². The van der Waals surface area contributed by atoms with Crippen molar-refractivity contribution in [2.75, 3.05) is 7.11 Å². The largest absolute Gasteiger partial charge is 0.468 e. The van der Waals surface area contributed by atoms with Gasteiger partial charge in [-0.2, -0.15) is 0 Å². The van der Waals surface area contributed by atoms with Crippen LogP contribution >= 0.6 is 15.9 Å². The molecule has 2 rings (SSSR count). The molecule has 0 saturated heterocycles. The number of carbonyl (C=O) groups excluding carboxylic acids is 1. The molecule has 1 unspecified atom stereocenters. The lowest BCUT2D eigenvalue weighted by atomic mass is 10.1. The quantitative estimate of drug-likeness (QED) is 0.818. The van der Waals surface area contributed by atoms with E-state index in [4.69, 9.17) is 4.74 Å². The summed E-state index contributed by atoms with van der Waals surface area (Å²) in [7, 11) is 1.40. The number of fused-ring (bicyclic) bond motifs is 1. The molecule has 17 heavy (non-hydrogen) atoms. The van der Waals surface area contributed by atoms with Gasteiger partial charge in [0.25, 0.3) is 0 Å². The van der Waals surface area contributed by atoms with Crippen LogP contribution < -0.4 is 0 Å². The Labute approximate surface area is 108 Å². The molecule has 0 spiro atoms. The molecule has 0 aliphatic carbocycles. The third-order valence-corrected chi connectivity index (χ3v) is 3.32. The normalized spacial score (nSPS) is 12.6. The number of pyridine rings is 1. The number of imidazole rings is 1. The Kier molecular flexibility index (Phi) is 3.47. The summed E-state index contributed by atoms with van der Waals surface area (Å²) in [6.07, 6.45) is 2.56. The van der Waals surface area contributed by atoms with Crippen LogP contribution in [0, 0.1) is 0 Å². The summed E-state index contributed by atoms with van der Waals surface area (Å²) in [4.78, 5) is 16.1. The summed E-state index contributed by atoms with van der Waals surface area (Å²) in [5, 5.41) is 0. The van der Waals surface area contributed by atoms with Gasteiger partial charge in [-0.05, 0) is 34.5 Å². The molecule has 0 N–H and O–H groups in total. The maximum absolute atomic E-state index is 11.7. The average molecular weight is 297 g/mol. The van der Waals surface area contributed by atoms with Gasteiger partial charge in [0, 0.05) is 6.20 Å². The summed E-state index contributed by atoms with van der Waals surface area (Å²) in [6, 6.07) is 5.80. The van der Waals surface area contributed by atoms with Crippen LogP contribution in [0.25, 0.3) is 5.52 Å². The first-order chi connectivity index (χ1) is 8.19. The Morgan fingerprint density at radius 1 is 1.59 bits per heavy atom. The molecule has 0 radical (unpaired) electrons. The minimum atomic E-state index is -0.332. The second-order valence-electron chi connectivity index (χ2n) is 3.70. The van der Waals surface area contributed by atoms with Crippen molar-refractivity contribution in [2.45, 2.75) is 19.3 Å². The maximum Gasteiger partial charge on any atom is 0.316 e. The number of ether oxygens (including phenoxy) is 1. The molecule has 2 aromatic rings. The van der Waals surface area contributed by atoms with E-state index in [2.05, 4.69) is 20.9 Å². The van der Waals surface area contributed by atoms with Crippen LogP contribution in [-0.4, -0.2) is 22.5 Å². The molecule has 0 saturated carbocycles. The molecule has 2 aromatic heterocycles. The van der Waals surface area contributed by atoms with Crippen LogP contribution in [0.15, 0.2) is 29.0 Å². The molecule has 0 aromatic carbocycles. The average Bonchev–Trinajstić information content (AvgIpc) is 2.68. The maximum atomic E-state index is 11.7. The zero-order chi connectivity index (χ0) is 12.4. The zero-order valence-electron chi connectivity index (χ0n) is 9.68. The summed E-state index contributed by atoms with van der Waals surface area (Å²) in [5.74, 6) is 0.124. The Hall–Kier alpha value is -1.36. The van der Waals surface area contributed by atoms with Gasteiger partial charge in [0.15, 0.2) is 0 Å². The highest BCUT2D eigenvalue weighted by Gasteiger charge is 2.25.